The van der Waals surface area contributed by atoms with Crippen LogP contribution in [0, 0.1) is 5.82 Å². The van der Waals surface area contributed by atoms with Gasteiger partial charge in [-0.2, -0.15) is 0 Å². The van der Waals surface area contributed by atoms with Gasteiger partial charge in [-0.05, 0) is 44.0 Å². The van der Waals surface area contributed by atoms with Crippen LogP contribution in [0.15, 0.2) is 16.9 Å². The van der Waals surface area contributed by atoms with Gasteiger partial charge in [0.15, 0.2) is 0 Å². The summed E-state index contributed by atoms with van der Waals surface area (Å²) in [6.07, 6.45) is 1.31. The van der Waals surface area contributed by atoms with Crippen molar-refractivity contribution in [3.8, 4) is 5.75 Å². The van der Waals surface area contributed by atoms with Crippen LogP contribution in [0.5, 0.6) is 5.75 Å². The highest BCUT2D eigenvalue weighted by molar-refractivity contribution is 6.03. The van der Waals surface area contributed by atoms with E-state index < -0.39 is 23.0 Å². The zero-order valence-corrected chi connectivity index (χ0v) is 14.4. The Morgan fingerprint density at radius 2 is 2.16 bits per heavy atom. The quantitative estimate of drug-likeness (QED) is 0.719. The van der Waals surface area contributed by atoms with Gasteiger partial charge in [-0.25, -0.2) is 4.39 Å². The summed E-state index contributed by atoms with van der Waals surface area (Å²) >= 11 is 0. The highest BCUT2D eigenvalue weighted by atomic mass is 19.1. The minimum absolute atomic E-state index is 0.123. The molecule has 0 fully saturated rings. The monoisotopic (exact) mass is 347 g/mol. The van der Waals surface area contributed by atoms with Gasteiger partial charge in [0.1, 0.15) is 17.1 Å². The number of rotatable bonds is 5. The number of aromatic hydroxyl groups is 1. The number of aryl methyl sites for hydroxylation is 1. The van der Waals surface area contributed by atoms with Crippen LogP contribution >= 0.6 is 0 Å². The maximum atomic E-state index is 13.9. The number of pyridine rings is 1. The lowest BCUT2D eigenvalue weighted by Crippen LogP contribution is -2.38. The molecule has 0 aliphatic carbocycles. The molecular formula is C18H22FN3O3. The van der Waals surface area contributed by atoms with E-state index in [1.165, 1.54) is 16.7 Å². The van der Waals surface area contributed by atoms with Crippen LogP contribution in [0.3, 0.4) is 0 Å². The van der Waals surface area contributed by atoms with Crippen LogP contribution in [0.2, 0.25) is 0 Å². The Hall–Kier alpha value is -2.41. The first-order chi connectivity index (χ1) is 12.0. The number of nitrogens with zero attached hydrogens (tertiary/aromatic N) is 1. The Bertz CT molecular complexity index is 891. The third-order valence-electron chi connectivity index (χ3n) is 4.66. The van der Waals surface area contributed by atoms with Crippen LogP contribution in [-0.4, -0.2) is 35.2 Å². The summed E-state index contributed by atoms with van der Waals surface area (Å²) in [5.74, 6) is -1.59. The first kappa shape index (κ1) is 17.4. The van der Waals surface area contributed by atoms with Gasteiger partial charge in [-0.1, -0.05) is 6.92 Å². The predicted molar refractivity (Wildman–Crippen MR) is 93.7 cm³/mol. The number of amides is 1. The summed E-state index contributed by atoms with van der Waals surface area (Å²) < 4.78 is 15.4. The maximum absolute atomic E-state index is 13.9. The average Bonchev–Trinajstić information content (AvgIpc) is 2.57. The van der Waals surface area contributed by atoms with E-state index >= 15 is 0 Å². The van der Waals surface area contributed by atoms with Crippen molar-refractivity contribution in [2.45, 2.75) is 32.7 Å². The minimum atomic E-state index is -0.644. The molecule has 3 N–H and O–H groups in total. The number of hydrogen-bond donors (Lipinski definition) is 3. The fraction of sp³-hybridized carbons (Fsp3) is 0.444. The first-order valence-electron chi connectivity index (χ1n) is 8.54. The zero-order chi connectivity index (χ0) is 18.1. The molecule has 0 saturated heterocycles. The number of nitrogens with one attached hydrogen (secondary N) is 2. The first-order valence-corrected chi connectivity index (χ1v) is 8.54. The molecule has 1 aliphatic heterocycles. The molecule has 1 aliphatic rings. The van der Waals surface area contributed by atoms with E-state index in [0.29, 0.717) is 37.0 Å². The van der Waals surface area contributed by atoms with Crippen molar-refractivity contribution in [1.82, 2.24) is 15.2 Å². The van der Waals surface area contributed by atoms with Crippen molar-refractivity contribution in [1.29, 1.82) is 0 Å². The second-order valence-corrected chi connectivity index (χ2v) is 6.36. The molecule has 7 heteroatoms. The van der Waals surface area contributed by atoms with Gasteiger partial charge in [0.25, 0.3) is 11.5 Å². The van der Waals surface area contributed by atoms with Crippen molar-refractivity contribution in [2.75, 3.05) is 19.6 Å². The summed E-state index contributed by atoms with van der Waals surface area (Å²) in [7, 11) is 0. The molecule has 1 amide bonds. The predicted octanol–water partition coefficient (Wildman–Crippen LogP) is 1.69. The Morgan fingerprint density at radius 3 is 2.88 bits per heavy atom. The van der Waals surface area contributed by atoms with Crippen LogP contribution in [-0.2, 0) is 6.42 Å². The SMILES string of the molecule is CCNCCNC(=O)c1c(O)c2cc(F)cc3c2n(c1=O)[C@@H](C)CC3. The number of carbonyl (C=O) groups is 1. The molecule has 2 heterocycles. The normalized spacial score (nSPS) is 16.2. The molecule has 2 aromatic rings. The second kappa shape index (κ2) is 6.84. The molecule has 134 valence electrons. The smallest absolute Gasteiger partial charge is 0.267 e. The van der Waals surface area contributed by atoms with E-state index in [-0.39, 0.29) is 17.0 Å². The van der Waals surface area contributed by atoms with Crippen LogP contribution in [0.1, 0.15) is 42.2 Å². The lowest BCUT2D eigenvalue weighted by atomic mass is 9.95. The van der Waals surface area contributed by atoms with Gasteiger partial charge >= 0.3 is 0 Å². The molecular weight excluding hydrogens is 325 g/mol. The Labute approximate surface area is 144 Å². The van der Waals surface area contributed by atoms with Crippen molar-refractivity contribution >= 4 is 16.8 Å². The van der Waals surface area contributed by atoms with E-state index in [1.54, 1.807) is 0 Å². The molecule has 1 aromatic heterocycles. The van der Waals surface area contributed by atoms with Crippen molar-refractivity contribution in [3.63, 3.8) is 0 Å². The molecule has 1 aromatic carbocycles. The number of likely N-dealkylation sites (N-methyl/N-ethyl adjacent to an activating group) is 1. The molecule has 0 bridgehead atoms. The van der Waals surface area contributed by atoms with Gasteiger partial charge in [0, 0.05) is 24.5 Å². The van der Waals surface area contributed by atoms with E-state index in [2.05, 4.69) is 10.6 Å². The maximum Gasteiger partial charge on any atom is 0.267 e. The topological polar surface area (TPSA) is 83.4 Å². The highest BCUT2D eigenvalue weighted by Gasteiger charge is 2.28. The fourth-order valence-corrected chi connectivity index (χ4v) is 3.42. The molecule has 0 spiro atoms. The largest absolute Gasteiger partial charge is 0.506 e. The van der Waals surface area contributed by atoms with E-state index in [0.717, 1.165) is 6.54 Å². The van der Waals surface area contributed by atoms with Gasteiger partial charge < -0.3 is 20.3 Å². The van der Waals surface area contributed by atoms with Gasteiger partial charge in [-0.3, -0.25) is 9.59 Å². The van der Waals surface area contributed by atoms with Crippen LogP contribution in [0.4, 0.5) is 4.39 Å². The number of carbonyl (C=O) groups excluding carboxylic acids is 1. The molecule has 25 heavy (non-hydrogen) atoms. The standard InChI is InChI=1S/C18H22FN3O3/c1-3-20-6-7-21-17(24)14-16(23)13-9-12(19)8-11-5-4-10(2)22(15(11)13)18(14)25/h8-10,20,23H,3-7H2,1-2H3,(H,21,24)/t10-/m0/s1. The second-order valence-electron chi connectivity index (χ2n) is 6.36. The number of aromatic nitrogens is 1. The van der Waals surface area contributed by atoms with Gasteiger partial charge in [0.2, 0.25) is 0 Å². The van der Waals surface area contributed by atoms with E-state index in [9.17, 15) is 19.1 Å². The van der Waals surface area contributed by atoms with Crippen LogP contribution < -0.4 is 16.2 Å². The lowest BCUT2D eigenvalue weighted by Gasteiger charge is -2.26. The number of hydrogen-bond acceptors (Lipinski definition) is 4. The van der Waals surface area contributed by atoms with Gasteiger partial charge in [-0.15, -0.1) is 0 Å². The third kappa shape index (κ3) is 3.00. The summed E-state index contributed by atoms with van der Waals surface area (Å²) in [6, 6.07) is 2.44. The van der Waals surface area contributed by atoms with Crippen molar-refractivity contribution in [3.05, 3.63) is 39.4 Å². The Kier molecular flexibility index (Phi) is 4.76. The summed E-state index contributed by atoms with van der Waals surface area (Å²) in [6.45, 7) is 5.48. The molecule has 1 atom stereocenters. The fourth-order valence-electron chi connectivity index (χ4n) is 3.42. The zero-order valence-electron chi connectivity index (χ0n) is 14.4. The van der Waals surface area contributed by atoms with Crippen LogP contribution in [0.25, 0.3) is 10.9 Å². The number of benzene rings is 1. The molecule has 0 saturated carbocycles. The Morgan fingerprint density at radius 1 is 1.40 bits per heavy atom. The Balaban J connectivity index is 2.14. The molecule has 0 unspecified atom stereocenters. The van der Waals surface area contributed by atoms with Crippen molar-refractivity contribution in [2.24, 2.45) is 0 Å². The molecule has 0 radical (unpaired) electrons. The summed E-state index contributed by atoms with van der Waals surface area (Å²) in [5.41, 5.74) is 0.340. The van der Waals surface area contributed by atoms with E-state index in [1.807, 2.05) is 13.8 Å². The average molecular weight is 347 g/mol. The summed E-state index contributed by atoms with van der Waals surface area (Å²) in [4.78, 5) is 25.3. The minimum Gasteiger partial charge on any atom is -0.506 e. The van der Waals surface area contributed by atoms with Crippen molar-refractivity contribution < 1.29 is 14.3 Å². The number of halogens is 1. The lowest BCUT2D eigenvalue weighted by molar-refractivity contribution is 0.0949. The molecule has 3 rings (SSSR count). The molecule has 6 nitrogen and oxygen atoms in total. The van der Waals surface area contributed by atoms with Gasteiger partial charge in [0.05, 0.1) is 5.52 Å². The van der Waals surface area contributed by atoms with E-state index in [4.69, 9.17) is 0 Å². The third-order valence-corrected chi connectivity index (χ3v) is 4.66. The summed E-state index contributed by atoms with van der Waals surface area (Å²) in [5, 5.41) is 16.4. The highest BCUT2D eigenvalue weighted by Crippen LogP contribution is 2.35.